The van der Waals surface area contributed by atoms with Crippen LogP contribution in [0.3, 0.4) is 0 Å². The summed E-state index contributed by atoms with van der Waals surface area (Å²) in [7, 11) is 0. The first-order valence-electron chi connectivity index (χ1n) is 6.48. The van der Waals surface area contributed by atoms with Gasteiger partial charge in [-0.2, -0.15) is 0 Å². The maximum absolute atomic E-state index is 5.61. The van der Waals surface area contributed by atoms with Gasteiger partial charge in [0.15, 0.2) is 0 Å². The van der Waals surface area contributed by atoms with Gasteiger partial charge in [-0.3, -0.25) is 0 Å². The molecule has 1 atom stereocenters. The Morgan fingerprint density at radius 1 is 1.28 bits per heavy atom. The molecule has 0 bridgehead atoms. The first-order valence-corrected chi connectivity index (χ1v) is 6.48. The summed E-state index contributed by atoms with van der Waals surface area (Å²) in [5, 5.41) is 4.49. The van der Waals surface area contributed by atoms with E-state index in [4.69, 9.17) is 5.73 Å². The van der Waals surface area contributed by atoms with Crippen molar-refractivity contribution in [3.8, 4) is 0 Å². The summed E-state index contributed by atoms with van der Waals surface area (Å²) in [5.41, 5.74) is 6.59. The van der Waals surface area contributed by atoms with Crippen molar-refractivity contribution < 1.29 is 0 Å². The van der Waals surface area contributed by atoms with E-state index in [9.17, 15) is 0 Å². The number of aromatic nitrogens is 2. The Bertz CT molecular complexity index is 493. The highest BCUT2D eigenvalue weighted by molar-refractivity contribution is 5.88. The molecule has 3 N–H and O–H groups in total. The Hall–Kier alpha value is -1.68. The average molecular weight is 244 g/mol. The number of nitrogens with zero attached hydrogens (tertiary/aromatic N) is 2. The maximum atomic E-state index is 5.61. The summed E-state index contributed by atoms with van der Waals surface area (Å²) < 4.78 is 0. The van der Waals surface area contributed by atoms with Crippen molar-refractivity contribution in [2.24, 2.45) is 11.7 Å². The number of fused-ring (bicyclic) bond motifs is 1. The molecule has 0 aliphatic carbocycles. The van der Waals surface area contributed by atoms with Gasteiger partial charge in [0.05, 0.1) is 5.52 Å². The fraction of sp³-hybridized carbons (Fsp3) is 0.429. The lowest BCUT2D eigenvalue weighted by molar-refractivity contribution is 0.501. The highest BCUT2D eigenvalue weighted by Crippen LogP contribution is 2.19. The highest BCUT2D eigenvalue weighted by atomic mass is 15.0. The van der Waals surface area contributed by atoms with Crippen LogP contribution in [0, 0.1) is 5.92 Å². The van der Waals surface area contributed by atoms with E-state index in [-0.39, 0.29) is 0 Å². The average Bonchev–Trinajstić information content (AvgIpc) is 2.43. The lowest BCUT2D eigenvalue weighted by atomic mass is 10.0. The lowest BCUT2D eigenvalue weighted by Gasteiger charge is -2.15. The molecule has 0 fully saturated rings. The zero-order valence-corrected chi connectivity index (χ0v) is 10.8. The second-order valence-electron chi connectivity index (χ2n) is 4.47. The van der Waals surface area contributed by atoms with Crippen molar-refractivity contribution in [3.63, 3.8) is 0 Å². The summed E-state index contributed by atoms with van der Waals surface area (Å²) in [4.78, 5) is 8.57. The number of nitrogens with two attached hydrogens (primary N) is 1. The molecule has 4 nitrogen and oxygen atoms in total. The summed E-state index contributed by atoms with van der Waals surface area (Å²) in [6.07, 6.45) is 3.79. The molecule has 1 aromatic carbocycles. The lowest BCUT2D eigenvalue weighted by Crippen LogP contribution is -2.18. The van der Waals surface area contributed by atoms with E-state index in [1.54, 1.807) is 6.33 Å². The Balaban J connectivity index is 2.11. The maximum Gasteiger partial charge on any atom is 0.137 e. The molecular formula is C14H20N4. The van der Waals surface area contributed by atoms with Gasteiger partial charge in [-0.05, 0) is 31.0 Å². The molecule has 0 saturated carbocycles. The smallest absolute Gasteiger partial charge is 0.137 e. The molecular weight excluding hydrogens is 224 g/mol. The zero-order chi connectivity index (χ0) is 12.8. The Kier molecular flexibility index (Phi) is 4.47. The predicted octanol–water partition coefficient (Wildman–Crippen LogP) is 2.42. The fourth-order valence-corrected chi connectivity index (χ4v) is 2.07. The molecule has 0 spiro atoms. The molecule has 1 unspecified atom stereocenters. The number of rotatable bonds is 6. The van der Waals surface area contributed by atoms with Crippen LogP contribution in [-0.4, -0.2) is 23.1 Å². The SMILES string of the molecule is CCC(CCN)CNc1ncnc2ccccc12. The van der Waals surface area contributed by atoms with Crippen LogP contribution in [-0.2, 0) is 0 Å². The van der Waals surface area contributed by atoms with Crippen LogP contribution in [0.5, 0.6) is 0 Å². The van der Waals surface area contributed by atoms with Gasteiger partial charge in [-0.15, -0.1) is 0 Å². The van der Waals surface area contributed by atoms with Crippen LogP contribution < -0.4 is 11.1 Å². The molecule has 18 heavy (non-hydrogen) atoms. The van der Waals surface area contributed by atoms with E-state index in [1.165, 1.54) is 0 Å². The first-order chi connectivity index (χ1) is 8.85. The number of benzene rings is 1. The molecule has 96 valence electrons. The molecule has 0 amide bonds. The van der Waals surface area contributed by atoms with Crippen molar-refractivity contribution in [1.82, 2.24) is 9.97 Å². The summed E-state index contributed by atoms with van der Waals surface area (Å²) in [6.45, 7) is 3.85. The molecule has 2 rings (SSSR count). The molecule has 1 aromatic heterocycles. The molecule has 0 aliphatic rings. The summed E-state index contributed by atoms with van der Waals surface area (Å²) >= 11 is 0. The van der Waals surface area contributed by atoms with Crippen LogP contribution in [0.1, 0.15) is 19.8 Å². The third kappa shape index (κ3) is 2.96. The number of anilines is 1. The summed E-state index contributed by atoms with van der Waals surface area (Å²) in [6, 6.07) is 8.04. The van der Waals surface area contributed by atoms with Gasteiger partial charge >= 0.3 is 0 Å². The van der Waals surface area contributed by atoms with Crippen LogP contribution >= 0.6 is 0 Å². The van der Waals surface area contributed by atoms with Crippen molar-refractivity contribution in [1.29, 1.82) is 0 Å². The van der Waals surface area contributed by atoms with Gasteiger partial charge in [0.2, 0.25) is 0 Å². The van der Waals surface area contributed by atoms with E-state index in [0.29, 0.717) is 5.92 Å². The minimum absolute atomic E-state index is 0.601. The Labute approximate surface area is 108 Å². The predicted molar refractivity (Wildman–Crippen MR) is 75.5 cm³/mol. The van der Waals surface area contributed by atoms with Crippen LogP contribution in [0.2, 0.25) is 0 Å². The standard InChI is InChI=1S/C14H20N4/c1-2-11(7-8-15)9-16-14-12-5-3-4-6-13(12)17-10-18-14/h3-6,10-11H,2,7-9,15H2,1H3,(H,16,17,18). The molecule has 0 aliphatic heterocycles. The van der Waals surface area contributed by atoms with Crippen LogP contribution in [0.25, 0.3) is 10.9 Å². The summed E-state index contributed by atoms with van der Waals surface area (Å²) in [5.74, 6) is 1.51. The molecule has 1 heterocycles. The van der Waals surface area contributed by atoms with Gasteiger partial charge in [0.25, 0.3) is 0 Å². The second-order valence-corrected chi connectivity index (χ2v) is 4.47. The zero-order valence-electron chi connectivity index (χ0n) is 10.8. The van der Waals surface area contributed by atoms with Crippen LogP contribution in [0.4, 0.5) is 5.82 Å². The van der Waals surface area contributed by atoms with Gasteiger partial charge in [0.1, 0.15) is 12.1 Å². The van der Waals surface area contributed by atoms with E-state index < -0.39 is 0 Å². The van der Waals surface area contributed by atoms with E-state index in [1.807, 2.05) is 24.3 Å². The van der Waals surface area contributed by atoms with Gasteiger partial charge in [-0.1, -0.05) is 25.5 Å². The highest BCUT2D eigenvalue weighted by Gasteiger charge is 2.07. The minimum atomic E-state index is 0.601. The third-order valence-corrected chi connectivity index (χ3v) is 3.25. The number of nitrogens with one attached hydrogen (secondary N) is 1. The number of hydrogen-bond acceptors (Lipinski definition) is 4. The van der Waals surface area contributed by atoms with Crippen molar-refractivity contribution in [2.45, 2.75) is 19.8 Å². The van der Waals surface area contributed by atoms with E-state index in [2.05, 4.69) is 22.2 Å². The van der Waals surface area contributed by atoms with Crippen molar-refractivity contribution >= 4 is 16.7 Å². The Morgan fingerprint density at radius 2 is 2.11 bits per heavy atom. The topological polar surface area (TPSA) is 63.8 Å². The monoisotopic (exact) mass is 244 g/mol. The number of hydrogen-bond donors (Lipinski definition) is 2. The molecule has 0 radical (unpaired) electrons. The van der Waals surface area contributed by atoms with E-state index >= 15 is 0 Å². The van der Waals surface area contributed by atoms with Gasteiger partial charge < -0.3 is 11.1 Å². The van der Waals surface area contributed by atoms with Crippen molar-refractivity contribution in [2.75, 3.05) is 18.4 Å². The number of para-hydroxylation sites is 1. The fourth-order valence-electron chi connectivity index (χ4n) is 2.07. The second kappa shape index (κ2) is 6.31. The molecule has 4 heteroatoms. The minimum Gasteiger partial charge on any atom is -0.369 e. The molecule has 2 aromatic rings. The van der Waals surface area contributed by atoms with Gasteiger partial charge in [-0.25, -0.2) is 9.97 Å². The first kappa shape index (κ1) is 12.8. The quantitative estimate of drug-likeness (QED) is 0.819. The van der Waals surface area contributed by atoms with Crippen LogP contribution in [0.15, 0.2) is 30.6 Å². The van der Waals surface area contributed by atoms with Crippen molar-refractivity contribution in [3.05, 3.63) is 30.6 Å². The largest absolute Gasteiger partial charge is 0.369 e. The van der Waals surface area contributed by atoms with Gasteiger partial charge in [0, 0.05) is 11.9 Å². The third-order valence-electron chi connectivity index (χ3n) is 3.25. The Morgan fingerprint density at radius 3 is 2.89 bits per heavy atom. The normalized spacial score (nSPS) is 12.6. The molecule has 0 saturated heterocycles. The van der Waals surface area contributed by atoms with E-state index in [0.717, 1.165) is 42.7 Å².